The summed E-state index contributed by atoms with van der Waals surface area (Å²) in [4.78, 5) is 23.5. The number of nitrogens with one attached hydrogen (secondary N) is 1. The molecule has 0 aromatic heterocycles. The zero-order valence-corrected chi connectivity index (χ0v) is 11.1. The maximum Gasteiger partial charge on any atom is 0.262 e. The van der Waals surface area contributed by atoms with Crippen LogP contribution in [0, 0.1) is 5.82 Å². The van der Waals surface area contributed by atoms with Crippen molar-refractivity contribution in [2.45, 2.75) is 6.42 Å². The van der Waals surface area contributed by atoms with Crippen molar-refractivity contribution < 1.29 is 18.7 Å². The van der Waals surface area contributed by atoms with Gasteiger partial charge in [-0.05, 0) is 35.9 Å². The molecule has 1 aliphatic rings. The molecule has 0 saturated carbocycles. The molecule has 1 aliphatic heterocycles. The van der Waals surface area contributed by atoms with Crippen molar-refractivity contribution in [3.63, 3.8) is 0 Å². The monoisotopic (exact) mass is 285 g/mol. The molecule has 0 radical (unpaired) electrons. The molecule has 0 unspecified atom stereocenters. The van der Waals surface area contributed by atoms with Crippen LogP contribution in [0.3, 0.4) is 0 Å². The maximum absolute atomic E-state index is 12.8. The average Bonchev–Trinajstić information content (AvgIpc) is 2.48. The largest absolute Gasteiger partial charge is 0.482 e. The number of carbonyl (C=O) groups is 2. The molecule has 0 atom stereocenters. The first kappa shape index (κ1) is 13.3. The van der Waals surface area contributed by atoms with E-state index in [2.05, 4.69) is 5.32 Å². The second-order valence-electron chi connectivity index (χ2n) is 4.77. The molecule has 2 aromatic rings. The van der Waals surface area contributed by atoms with Gasteiger partial charge in [0, 0.05) is 12.0 Å². The number of carbonyl (C=O) groups excluding carboxylic acids is 2. The predicted octanol–water partition coefficient (Wildman–Crippen LogP) is 2.58. The molecule has 0 spiro atoms. The van der Waals surface area contributed by atoms with Crippen LogP contribution in [-0.2, 0) is 11.2 Å². The van der Waals surface area contributed by atoms with Crippen molar-refractivity contribution in [2.24, 2.45) is 0 Å². The standard InChI is InChI=1S/C16H12FNO3/c17-12-4-1-10(2-5-12)7-14(19)11-3-6-15-13(8-11)18-16(20)9-21-15/h1-6,8H,7,9H2,(H,18,20). The lowest BCUT2D eigenvalue weighted by atomic mass is 10.0. The molecule has 0 fully saturated rings. The highest BCUT2D eigenvalue weighted by Gasteiger charge is 2.17. The second-order valence-corrected chi connectivity index (χ2v) is 4.77. The Labute approximate surface area is 120 Å². The zero-order chi connectivity index (χ0) is 14.8. The van der Waals surface area contributed by atoms with E-state index in [4.69, 9.17) is 4.74 Å². The van der Waals surface area contributed by atoms with Gasteiger partial charge in [-0.25, -0.2) is 4.39 Å². The summed E-state index contributed by atoms with van der Waals surface area (Å²) in [6, 6.07) is 10.7. The number of hydrogen-bond acceptors (Lipinski definition) is 3. The number of rotatable bonds is 3. The maximum atomic E-state index is 12.8. The summed E-state index contributed by atoms with van der Waals surface area (Å²) in [6.07, 6.45) is 0.174. The van der Waals surface area contributed by atoms with E-state index in [9.17, 15) is 14.0 Å². The summed E-state index contributed by atoms with van der Waals surface area (Å²) in [5, 5.41) is 2.66. The Morgan fingerprint density at radius 1 is 1.19 bits per heavy atom. The minimum atomic E-state index is -0.333. The number of benzene rings is 2. The Hall–Kier alpha value is -2.69. The fourth-order valence-electron chi connectivity index (χ4n) is 2.15. The van der Waals surface area contributed by atoms with Crippen LogP contribution >= 0.6 is 0 Å². The summed E-state index contributed by atoms with van der Waals surface area (Å²) >= 11 is 0. The van der Waals surface area contributed by atoms with Crippen molar-refractivity contribution >= 4 is 17.4 Å². The minimum Gasteiger partial charge on any atom is -0.482 e. The number of ether oxygens (including phenoxy) is 1. The van der Waals surface area contributed by atoms with Crippen LogP contribution in [0.15, 0.2) is 42.5 Å². The number of Topliss-reactive ketones (excluding diaryl/α,β-unsaturated/α-hetero) is 1. The Morgan fingerprint density at radius 3 is 2.71 bits per heavy atom. The third kappa shape index (κ3) is 2.91. The summed E-state index contributed by atoms with van der Waals surface area (Å²) in [7, 11) is 0. The Kier molecular flexibility index (Phi) is 3.39. The normalized spacial score (nSPS) is 13.1. The molecule has 106 valence electrons. The Balaban J connectivity index is 1.80. The first-order chi connectivity index (χ1) is 10.1. The smallest absolute Gasteiger partial charge is 0.262 e. The summed E-state index contributed by atoms with van der Waals surface area (Å²) in [6.45, 7) is -0.0180. The Bertz CT molecular complexity index is 710. The van der Waals surface area contributed by atoms with Crippen LogP contribution < -0.4 is 10.1 Å². The Morgan fingerprint density at radius 2 is 1.95 bits per heavy atom. The molecule has 21 heavy (non-hydrogen) atoms. The van der Waals surface area contributed by atoms with Gasteiger partial charge in [0.15, 0.2) is 12.4 Å². The topological polar surface area (TPSA) is 55.4 Å². The summed E-state index contributed by atoms with van der Waals surface area (Å²) in [5.74, 6) is -0.136. The third-order valence-corrected chi connectivity index (χ3v) is 3.21. The van der Waals surface area contributed by atoms with Gasteiger partial charge < -0.3 is 10.1 Å². The molecule has 3 rings (SSSR count). The molecule has 5 heteroatoms. The molecule has 0 aliphatic carbocycles. The number of hydrogen-bond donors (Lipinski definition) is 1. The van der Waals surface area contributed by atoms with Gasteiger partial charge in [0.2, 0.25) is 0 Å². The zero-order valence-electron chi connectivity index (χ0n) is 11.1. The highest BCUT2D eigenvalue weighted by atomic mass is 19.1. The van der Waals surface area contributed by atoms with Crippen molar-refractivity contribution in [2.75, 3.05) is 11.9 Å². The van der Waals surface area contributed by atoms with Gasteiger partial charge in [-0.2, -0.15) is 0 Å². The van der Waals surface area contributed by atoms with E-state index in [1.165, 1.54) is 12.1 Å². The summed E-state index contributed by atoms with van der Waals surface area (Å²) < 4.78 is 18.1. The van der Waals surface area contributed by atoms with E-state index < -0.39 is 0 Å². The van der Waals surface area contributed by atoms with Crippen molar-refractivity contribution in [1.29, 1.82) is 0 Å². The van der Waals surface area contributed by atoms with Crippen LogP contribution in [0.4, 0.5) is 10.1 Å². The minimum absolute atomic E-state index is 0.0180. The molecule has 1 N–H and O–H groups in total. The highest BCUT2D eigenvalue weighted by Crippen LogP contribution is 2.28. The van der Waals surface area contributed by atoms with E-state index in [-0.39, 0.29) is 30.5 Å². The molecular formula is C16H12FNO3. The molecule has 2 aromatic carbocycles. The van der Waals surface area contributed by atoms with Gasteiger partial charge >= 0.3 is 0 Å². The number of ketones is 1. The SMILES string of the molecule is O=C1COc2ccc(C(=O)Cc3ccc(F)cc3)cc2N1. The molecule has 0 saturated heterocycles. The van der Waals surface area contributed by atoms with E-state index in [0.717, 1.165) is 5.56 Å². The van der Waals surface area contributed by atoms with Crippen LogP contribution in [-0.4, -0.2) is 18.3 Å². The molecule has 4 nitrogen and oxygen atoms in total. The van der Waals surface area contributed by atoms with E-state index >= 15 is 0 Å². The van der Waals surface area contributed by atoms with Crippen molar-refractivity contribution in [3.8, 4) is 5.75 Å². The van der Waals surface area contributed by atoms with Gasteiger partial charge in [-0.15, -0.1) is 0 Å². The fraction of sp³-hybridized carbons (Fsp3) is 0.125. The highest BCUT2D eigenvalue weighted by molar-refractivity contribution is 6.01. The second kappa shape index (κ2) is 5.36. The predicted molar refractivity (Wildman–Crippen MR) is 75.0 cm³/mol. The lowest BCUT2D eigenvalue weighted by molar-refractivity contribution is -0.118. The van der Waals surface area contributed by atoms with E-state index in [1.807, 2.05) is 0 Å². The van der Waals surface area contributed by atoms with Gasteiger partial charge in [-0.3, -0.25) is 9.59 Å². The average molecular weight is 285 g/mol. The molecule has 1 amide bonds. The fourth-order valence-corrected chi connectivity index (χ4v) is 2.15. The van der Waals surface area contributed by atoms with Crippen LogP contribution in [0.5, 0.6) is 5.75 Å². The van der Waals surface area contributed by atoms with Crippen molar-refractivity contribution in [3.05, 3.63) is 59.4 Å². The van der Waals surface area contributed by atoms with Gasteiger partial charge in [-0.1, -0.05) is 12.1 Å². The van der Waals surface area contributed by atoms with E-state index in [1.54, 1.807) is 30.3 Å². The lowest BCUT2D eigenvalue weighted by Crippen LogP contribution is -2.25. The molecule has 1 heterocycles. The lowest BCUT2D eigenvalue weighted by Gasteiger charge is -2.18. The van der Waals surface area contributed by atoms with Crippen LogP contribution in [0.2, 0.25) is 0 Å². The first-order valence-electron chi connectivity index (χ1n) is 6.46. The van der Waals surface area contributed by atoms with Gasteiger partial charge in [0.05, 0.1) is 5.69 Å². The third-order valence-electron chi connectivity index (χ3n) is 3.21. The van der Waals surface area contributed by atoms with Crippen LogP contribution in [0.25, 0.3) is 0 Å². The number of halogens is 1. The summed E-state index contributed by atoms with van der Waals surface area (Å²) in [5.41, 5.74) is 1.71. The first-order valence-corrected chi connectivity index (χ1v) is 6.46. The van der Waals surface area contributed by atoms with Gasteiger partial charge in [0.25, 0.3) is 5.91 Å². The molecular weight excluding hydrogens is 273 g/mol. The van der Waals surface area contributed by atoms with Gasteiger partial charge in [0.1, 0.15) is 11.6 Å². The molecule has 0 bridgehead atoms. The van der Waals surface area contributed by atoms with Crippen LogP contribution in [0.1, 0.15) is 15.9 Å². The number of anilines is 1. The number of fused-ring (bicyclic) bond motifs is 1. The van der Waals surface area contributed by atoms with E-state index in [0.29, 0.717) is 17.0 Å². The quantitative estimate of drug-likeness (QED) is 0.882. The number of amides is 1. The van der Waals surface area contributed by atoms with Crippen molar-refractivity contribution in [1.82, 2.24) is 0 Å².